The lowest BCUT2D eigenvalue weighted by molar-refractivity contribution is -0.273. The number of halogens is 3. The molecular formula is C6H9F3O3. The zero-order chi connectivity index (χ0) is 9.35. The molecule has 2 N–H and O–H groups in total. The van der Waals surface area contributed by atoms with Crippen LogP contribution in [-0.4, -0.2) is 41.3 Å². The van der Waals surface area contributed by atoms with Crippen molar-refractivity contribution in [1.82, 2.24) is 0 Å². The third-order valence-corrected chi connectivity index (χ3v) is 1.74. The number of hydrogen-bond donors (Lipinski definition) is 2. The van der Waals surface area contributed by atoms with Gasteiger partial charge < -0.3 is 14.9 Å². The Kier molecular flexibility index (Phi) is 2.60. The van der Waals surface area contributed by atoms with Crippen molar-refractivity contribution in [3.63, 3.8) is 0 Å². The first-order valence-corrected chi connectivity index (χ1v) is 3.47. The maximum absolute atomic E-state index is 12.0. The van der Waals surface area contributed by atoms with Crippen LogP contribution in [-0.2, 0) is 4.74 Å². The van der Waals surface area contributed by atoms with Gasteiger partial charge in [0, 0.05) is 0 Å². The minimum Gasteiger partial charge on any atom is -0.390 e. The van der Waals surface area contributed by atoms with Crippen LogP contribution in [0, 0.1) is 0 Å². The third kappa shape index (κ3) is 1.88. The number of hydrogen-bond acceptors (Lipinski definition) is 3. The van der Waals surface area contributed by atoms with E-state index < -0.39 is 24.5 Å². The molecule has 1 aliphatic rings. The summed E-state index contributed by atoms with van der Waals surface area (Å²) in [5, 5.41) is 17.8. The van der Waals surface area contributed by atoms with Crippen LogP contribution in [0.5, 0.6) is 0 Å². The highest BCUT2D eigenvalue weighted by molar-refractivity contribution is 4.85. The molecule has 0 spiro atoms. The molecule has 0 aromatic rings. The van der Waals surface area contributed by atoms with E-state index in [-0.39, 0.29) is 13.0 Å². The molecule has 1 rings (SSSR count). The van der Waals surface area contributed by atoms with Gasteiger partial charge in [-0.3, -0.25) is 0 Å². The van der Waals surface area contributed by atoms with Crippen LogP contribution in [0.1, 0.15) is 6.42 Å². The summed E-state index contributed by atoms with van der Waals surface area (Å²) in [4.78, 5) is 0. The van der Waals surface area contributed by atoms with Crippen LogP contribution in [0.3, 0.4) is 0 Å². The number of aliphatic hydroxyl groups is 2. The van der Waals surface area contributed by atoms with Crippen molar-refractivity contribution in [2.24, 2.45) is 0 Å². The summed E-state index contributed by atoms with van der Waals surface area (Å²) < 4.78 is 40.2. The van der Waals surface area contributed by atoms with E-state index in [2.05, 4.69) is 4.74 Å². The van der Waals surface area contributed by atoms with E-state index in [1.165, 1.54) is 0 Å². The van der Waals surface area contributed by atoms with E-state index in [1.54, 1.807) is 0 Å². The Hall–Kier alpha value is -0.330. The van der Waals surface area contributed by atoms with Gasteiger partial charge in [-0.15, -0.1) is 0 Å². The Bertz CT molecular complexity index is 159. The smallest absolute Gasteiger partial charge is 0.390 e. The van der Waals surface area contributed by atoms with E-state index in [1.807, 2.05) is 0 Å². The van der Waals surface area contributed by atoms with E-state index in [4.69, 9.17) is 10.2 Å². The van der Waals surface area contributed by atoms with E-state index >= 15 is 0 Å². The highest BCUT2D eigenvalue weighted by Crippen LogP contribution is 2.29. The maximum atomic E-state index is 12.0. The highest BCUT2D eigenvalue weighted by atomic mass is 19.4. The number of alkyl halides is 3. The fourth-order valence-electron chi connectivity index (χ4n) is 1.07. The Morgan fingerprint density at radius 2 is 1.83 bits per heavy atom. The van der Waals surface area contributed by atoms with Gasteiger partial charge in [0.2, 0.25) is 0 Å². The van der Waals surface area contributed by atoms with Crippen LogP contribution < -0.4 is 0 Å². The van der Waals surface area contributed by atoms with E-state index in [9.17, 15) is 13.2 Å². The van der Waals surface area contributed by atoms with Crippen molar-refractivity contribution < 1.29 is 28.1 Å². The predicted octanol–water partition coefficient (Wildman–Crippen LogP) is 0.0594. The standard InChI is InChI=1S/C6H9F3O3/c7-6(8,9)5-4(11)3(10)1-2-12-5/h3-5,10-11H,1-2H2/t3-,4-,5+/m0/s1. The first kappa shape index (κ1) is 9.76. The second-order valence-electron chi connectivity index (χ2n) is 2.68. The molecule has 1 aliphatic heterocycles. The van der Waals surface area contributed by atoms with Crippen molar-refractivity contribution in [3.8, 4) is 0 Å². The fraction of sp³-hybridized carbons (Fsp3) is 1.00. The van der Waals surface area contributed by atoms with Gasteiger partial charge in [0.15, 0.2) is 6.10 Å². The molecule has 1 fully saturated rings. The average molecular weight is 186 g/mol. The molecule has 0 saturated carbocycles. The van der Waals surface area contributed by atoms with Crippen LogP contribution in [0.25, 0.3) is 0 Å². The quantitative estimate of drug-likeness (QED) is 0.562. The van der Waals surface area contributed by atoms with Crippen molar-refractivity contribution >= 4 is 0 Å². The second-order valence-corrected chi connectivity index (χ2v) is 2.68. The van der Waals surface area contributed by atoms with Crippen molar-refractivity contribution in [3.05, 3.63) is 0 Å². The van der Waals surface area contributed by atoms with Gasteiger partial charge in [0.05, 0.1) is 12.7 Å². The number of aliphatic hydroxyl groups excluding tert-OH is 2. The molecule has 6 heteroatoms. The lowest BCUT2D eigenvalue weighted by atomic mass is 10.0. The molecule has 3 atom stereocenters. The van der Waals surface area contributed by atoms with Crippen LogP contribution in [0.15, 0.2) is 0 Å². The zero-order valence-electron chi connectivity index (χ0n) is 6.08. The third-order valence-electron chi connectivity index (χ3n) is 1.74. The van der Waals surface area contributed by atoms with Crippen LogP contribution in [0.2, 0.25) is 0 Å². The minimum absolute atomic E-state index is 0.0355. The first-order valence-electron chi connectivity index (χ1n) is 3.47. The largest absolute Gasteiger partial charge is 0.417 e. The average Bonchev–Trinajstić information content (AvgIpc) is 1.92. The molecule has 0 unspecified atom stereocenters. The van der Waals surface area contributed by atoms with Gasteiger partial charge in [-0.1, -0.05) is 0 Å². The molecule has 3 nitrogen and oxygen atoms in total. The molecule has 0 aliphatic carbocycles. The Morgan fingerprint density at radius 3 is 2.25 bits per heavy atom. The summed E-state index contributed by atoms with van der Waals surface area (Å²) in [5.41, 5.74) is 0. The van der Waals surface area contributed by atoms with Crippen molar-refractivity contribution in [1.29, 1.82) is 0 Å². The number of rotatable bonds is 0. The molecule has 0 amide bonds. The van der Waals surface area contributed by atoms with Gasteiger partial charge in [0.25, 0.3) is 0 Å². The van der Waals surface area contributed by atoms with Gasteiger partial charge in [0.1, 0.15) is 6.10 Å². The molecule has 0 aromatic carbocycles. The molecular weight excluding hydrogens is 177 g/mol. The van der Waals surface area contributed by atoms with Crippen LogP contribution >= 0.6 is 0 Å². The Balaban J connectivity index is 2.64. The lowest BCUT2D eigenvalue weighted by Crippen LogP contribution is -2.51. The molecule has 0 aromatic heterocycles. The molecule has 1 heterocycles. The SMILES string of the molecule is O[C@@H]1[C@H](C(F)(F)F)OCC[C@@H]1O. The van der Waals surface area contributed by atoms with E-state index in [0.29, 0.717) is 0 Å². The number of ether oxygens (including phenoxy) is 1. The first-order chi connectivity index (χ1) is 5.43. The molecule has 72 valence electrons. The zero-order valence-corrected chi connectivity index (χ0v) is 6.08. The summed E-state index contributed by atoms with van der Waals surface area (Å²) in [6.45, 7) is -0.178. The summed E-state index contributed by atoms with van der Waals surface area (Å²) in [7, 11) is 0. The second kappa shape index (κ2) is 3.20. The monoisotopic (exact) mass is 186 g/mol. The summed E-state index contributed by atoms with van der Waals surface area (Å²) in [6.07, 6.45) is -10.0. The topological polar surface area (TPSA) is 49.7 Å². The highest BCUT2D eigenvalue weighted by Gasteiger charge is 2.49. The summed E-state index contributed by atoms with van der Waals surface area (Å²) in [6, 6.07) is 0. The maximum Gasteiger partial charge on any atom is 0.417 e. The Morgan fingerprint density at radius 1 is 1.25 bits per heavy atom. The summed E-state index contributed by atoms with van der Waals surface area (Å²) in [5.74, 6) is 0. The van der Waals surface area contributed by atoms with Crippen molar-refractivity contribution in [2.45, 2.75) is 30.9 Å². The molecule has 0 radical (unpaired) electrons. The van der Waals surface area contributed by atoms with Gasteiger partial charge in [-0.2, -0.15) is 13.2 Å². The van der Waals surface area contributed by atoms with Crippen LogP contribution in [0.4, 0.5) is 13.2 Å². The molecule has 0 bridgehead atoms. The van der Waals surface area contributed by atoms with Crippen molar-refractivity contribution in [2.75, 3.05) is 6.61 Å². The van der Waals surface area contributed by atoms with Gasteiger partial charge in [-0.05, 0) is 6.42 Å². The Labute approximate surface area is 66.8 Å². The van der Waals surface area contributed by atoms with Gasteiger partial charge >= 0.3 is 6.18 Å². The normalized spacial score (nSPS) is 38.2. The predicted molar refractivity (Wildman–Crippen MR) is 32.4 cm³/mol. The summed E-state index contributed by atoms with van der Waals surface area (Å²) >= 11 is 0. The molecule has 1 saturated heterocycles. The van der Waals surface area contributed by atoms with Gasteiger partial charge in [-0.25, -0.2) is 0 Å². The lowest BCUT2D eigenvalue weighted by Gasteiger charge is -2.32. The van der Waals surface area contributed by atoms with E-state index in [0.717, 1.165) is 0 Å². The fourth-order valence-corrected chi connectivity index (χ4v) is 1.07. The molecule has 12 heavy (non-hydrogen) atoms. The minimum atomic E-state index is -4.61.